The van der Waals surface area contributed by atoms with Crippen molar-refractivity contribution in [3.05, 3.63) is 0 Å². The predicted molar refractivity (Wildman–Crippen MR) is 92.1 cm³/mol. The molecule has 0 fully saturated rings. The third-order valence-corrected chi connectivity index (χ3v) is 17.7. The van der Waals surface area contributed by atoms with E-state index in [2.05, 4.69) is 0 Å². The van der Waals surface area contributed by atoms with Crippen LogP contribution >= 0.6 is 12.9 Å². The average molecular weight is 424 g/mol. The summed E-state index contributed by atoms with van der Waals surface area (Å²) in [6.07, 6.45) is -3.35. The van der Waals surface area contributed by atoms with Crippen LogP contribution in [0.1, 0.15) is 41.5 Å². The molecule has 0 rings (SSSR count). The number of rotatable bonds is 9. The molecule has 0 atom stereocenters. The van der Waals surface area contributed by atoms with Crippen LogP contribution < -0.4 is 0 Å². The second-order valence-corrected chi connectivity index (χ2v) is 20.0. The Morgan fingerprint density at radius 2 is 1.14 bits per heavy atom. The van der Waals surface area contributed by atoms with E-state index in [-0.39, 0.29) is 10.8 Å². The van der Waals surface area contributed by atoms with Gasteiger partial charge in [0.25, 0.3) is 0 Å². The standard InChI is InChI=1S/C13H31O6P2Se/c1-12(2,3)10-18-20(14,19-11-13(4,5)6)22-21(15-7,16-8)17-9/h10-11H2,1-9H3/q+1. The maximum absolute atomic E-state index is 13.2. The molecule has 0 aliphatic rings. The van der Waals surface area contributed by atoms with E-state index in [4.69, 9.17) is 22.6 Å². The van der Waals surface area contributed by atoms with Gasteiger partial charge >= 0.3 is 141 Å². The SMILES string of the molecule is CO[P+](OC)(OC)[Se]P(=O)(OCC(C)(C)C)OCC(C)(C)C. The topological polar surface area (TPSA) is 63.2 Å². The van der Waals surface area contributed by atoms with Crippen LogP contribution in [0.5, 0.6) is 0 Å². The summed E-state index contributed by atoms with van der Waals surface area (Å²) in [4.78, 5) is 0. The van der Waals surface area contributed by atoms with Crippen molar-refractivity contribution in [1.82, 2.24) is 0 Å². The molecule has 0 bridgehead atoms. The van der Waals surface area contributed by atoms with Crippen molar-refractivity contribution in [3.8, 4) is 0 Å². The number of hydrogen-bond acceptors (Lipinski definition) is 6. The molecule has 6 nitrogen and oxygen atoms in total. The van der Waals surface area contributed by atoms with Crippen LogP contribution in [0, 0.1) is 10.8 Å². The molecule has 0 aromatic heterocycles. The fourth-order valence-electron chi connectivity index (χ4n) is 1.08. The number of hydrogen-bond donors (Lipinski definition) is 0. The van der Waals surface area contributed by atoms with Crippen molar-refractivity contribution in [3.63, 3.8) is 0 Å². The minimum absolute atomic E-state index is 0.120. The third kappa shape index (κ3) is 9.32. The average Bonchev–Trinajstić information content (AvgIpc) is 2.40. The molecule has 0 aliphatic heterocycles. The fraction of sp³-hybridized carbons (Fsp3) is 1.00. The van der Waals surface area contributed by atoms with Crippen molar-refractivity contribution < 1.29 is 27.2 Å². The molecular formula is C13H31O6P2Se+. The van der Waals surface area contributed by atoms with E-state index >= 15 is 0 Å². The molecule has 0 heterocycles. The van der Waals surface area contributed by atoms with E-state index in [0.29, 0.717) is 13.2 Å². The van der Waals surface area contributed by atoms with Crippen molar-refractivity contribution in [2.75, 3.05) is 34.5 Å². The summed E-state index contributed by atoms with van der Waals surface area (Å²) < 4.78 is 40.6. The Balaban J connectivity index is 5.18. The molecule has 0 saturated carbocycles. The molecule has 0 saturated heterocycles. The summed E-state index contributed by atoms with van der Waals surface area (Å²) in [5.41, 5.74) is -0.240. The second kappa shape index (κ2) is 8.89. The van der Waals surface area contributed by atoms with E-state index in [9.17, 15) is 4.57 Å². The maximum atomic E-state index is 13.2. The summed E-state index contributed by atoms with van der Waals surface area (Å²) in [5, 5.41) is 0. The van der Waals surface area contributed by atoms with Gasteiger partial charge in [-0.2, -0.15) is 0 Å². The van der Waals surface area contributed by atoms with Crippen LogP contribution in [0.15, 0.2) is 0 Å². The van der Waals surface area contributed by atoms with Crippen LogP contribution in [-0.4, -0.2) is 48.6 Å². The van der Waals surface area contributed by atoms with Gasteiger partial charge in [-0.15, -0.1) is 0 Å². The van der Waals surface area contributed by atoms with Gasteiger partial charge in [0.05, 0.1) is 0 Å². The molecule has 0 N–H and O–H groups in total. The van der Waals surface area contributed by atoms with Gasteiger partial charge in [0.2, 0.25) is 0 Å². The van der Waals surface area contributed by atoms with Crippen molar-refractivity contribution in [2.24, 2.45) is 10.8 Å². The van der Waals surface area contributed by atoms with Gasteiger partial charge in [-0.25, -0.2) is 0 Å². The Kier molecular flexibility index (Phi) is 9.29. The Hall–Kier alpha value is 0.979. The van der Waals surface area contributed by atoms with Crippen molar-refractivity contribution >= 4 is 27.0 Å². The van der Waals surface area contributed by atoms with Crippen LogP contribution in [0.25, 0.3) is 0 Å². The Morgan fingerprint density at radius 1 is 0.818 bits per heavy atom. The van der Waals surface area contributed by atoms with Crippen molar-refractivity contribution in [1.29, 1.82) is 0 Å². The van der Waals surface area contributed by atoms with Gasteiger partial charge < -0.3 is 0 Å². The fourth-order valence-corrected chi connectivity index (χ4v) is 15.7. The molecule has 0 spiro atoms. The summed E-state index contributed by atoms with van der Waals surface area (Å²) >= 11 is -0.714. The predicted octanol–water partition coefficient (Wildman–Crippen LogP) is 4.54. The zero-order valence-electron chi connectivity index (χ0n) is 15.2. The zero-order chi connectivity index (χ0) is 17.7. The van der Waals surface area contributed by atoms with Crippen LogP contribution in [-0.2, 0) is 27.2 Å². The first-order valence-electron chi connectivity index (χ1n) is 6.97. The van der Waals surface area contributed by atoms with E-state index < -0.39 is 27.0 Å². The first-order chi connectivity index (χ1) is 9.80. The quantitative estimate of drug-likeness (QED) is 0.400. The van der Waals surface area contributed by atoms with E-state index in [1.54, 1.807) is 0 Å². The van der Waals surface area contributed by atoms with Crippen LogP contribution in [0.3, 0.4) is 0 Å². The molecular weight excluding hydrogens is 393 g/mol. The first kappa shape index (κ1) is 23.0. The molecule has 0 amide bonds. The first-order valence-corrected chi connectivity index (χ1v) is 14.5. The Bertz CT molecular complexity index is 343. The monoisotopic (exact) mass is 425 g/mol. The van der Waals surface area contributed by atoms with Gasteiger partial charge in [0.15, 0.2) is 0 Å². The normalized spacial score (nSPS) is 14.4. The molecule has 9 heteroatoms. The molecule has 0 aromatic rings. The van der Waals surface area contributed by atoms with Gasteiger partial charge in [-0.05, 0) is 0 Å². The van der Waals surface area contributed by atoms with E-state index in [0.717, 1.165) is 0 Å². The molecule has 134 valence electrons. The second-order valence-electron chi connectivity index (χ2n) is 7.19. The zero-order valence-corrected chi connectivity index (χ0v) is 18.7. The minimum atomic E-state index is -3.35. The molecule has 0 unspecified atom stereocenters. The van der Waals surface area contributed by atoms with Gasteiger partial charge in [0, 0.05) is 0 Å². The van der Waals surface area contributed by atoms with E-state index in [1.807, 2.05) is 41.5 Å². The molecule has 0 aliphatic carbocycles. The summed E-state index contributed by atoms with van der Waals surface area (Å²) in [6, 6.07) is 0. The van der Waals surface area contributed by atoms with E-state index in [1.165, 1.54) is 21.3 Å². The molecule has 0 aromatic carbocycles. The Morgan fingerprint density at radius 3 is 1.36 bits per heavy atom. The Labute approximate surface area is 141 Å². The summed E-state index contributed by atoms with van der Waals surface area (Å²) in [6.45, 7) is 10.1. The van der Waals surface area contributed by atoms with Crippen LogP contribution in [0.4, 0.5) is 0 Å². The molecule has 0 radical (unpaired) electrons. The van der Waals surface area contributed by atoms with Crippen molar-refractivity contribution in [2.45, 2.75) is 41.5 Å². The van der Waals surface area contributed by atoms with Gasteiger partial charge in [-0.3, -0.25) is 0 Å². The van der Waals surface area contributed by atoms with Gasteiger partial charge in [0.1, 0.15) is 0 Å². The summed E-state index contributed by atoms with van der Waals surface area (Å²) in [5.74, 6) is 0. The van der Waals surface area contributed by atoms with Gasteiger partial charge in [-0.1, -0.05) is 0 Å². The third-order valence-electron chi connectivity index (χ3n) is 2.18. The summed E-state index contributed by atoms with van der Waals surface area (Å²) in [7, 11) is 4.46. The molecule has 22 heavy (non-hydrogen) atoms. The van der Waals surface area contributed by atoms with Crippen LogP contribution in [0.2, 0.25) is 0 Å².